The molecule has 0 aliphatic carbocycles. The average molecular weight is 229 g/mol. The summed E-state index contributed by atoms with van der Waals surface area (Å²) in [5, 5.41) is 0. The van der Waals surface area contributed by atoms with Gasteiger partial charge in [0, 0.05) is 12.3 Å². The highest BCUT2D eigenvalue weighted by atomic mass is 16.5. The molecule has 17 heavy (non-hydrogen) atoms. The Balaban J connectivity index is 2.13. The fourth-order valence-corrected chi connectivity index (χ4v) is 1.31. The number of hydrogen-bond donors (Lipinski definition) is 0. The zero-order valence-electron chi connectivity index (χ0n) is 9.29. The minimum Gasteiger partial charge on any atom is -0.497 e. The highest BCUT2D eigenvalue weighted by Gasteiger charge is 2.09. The van der Waals surface area contributed by atoms with Crippen LogP contribution >= 0.6 is 0 Å². The van der Waals surface area contributed by atoms with Gasteiger partial charge < -0.3 is 9.47 Å². The first-order valence-electron chi connectivity index (χ1n) is 5.07. The summed E-state index contributed by atoms with van der Waals surface area (Å²) in [6, 6.07) is 11.9. The lowest BCUT2D eigenvalue weighted by Gasteiger charge is -2.05. The maximum atomic E-state index is 11.7. The first-order chi connectivity index (χ1) is 8.29. The van der Waals surface area contributed by atoms with Crippen molar-refractivity contribution in [1.82, 2.24) is 4.98 Å². The monoisotopic (exact) mass is 229 g/mol. The minimum absolute atomic E-state index is 0.273. The second-order valence-electron chi connectivity index (χ2n) is 3.28. The van der Waals surface area contributed by atoms with Crippen LogP contribution in [0.25, 0.3) is 0 Å². The molecule has 0 N–H and O–H groups in total. The van der Waals surface area contributed by atoms with Crippen molar-refractivity contribution in [2.75, 3.05) is 7.11 Å². The number of carbonyl (C=O) groups excluding carboxylic acids is 1. The number of pyridine rings is 1. The van der Waals surface area contributed by atoms with Gasteiger partial charge in [-0.05, 0) is 24.3 Å². The van der Waals surface area contributed by atoms with Gasteiger partial charge in [-0.25, -0.2) is 9.78 Å². The van der Waals surface area contributed by atoms with Gasteiger partial charge in [0.15, 0.2) is 0 Å². The number of aromatic nitrogens is 1. The molecule has 0 bridgehead atoms. The van der Waals surface area contributed by atoms with Gasteiger partial charge in [-0.15, -0.1) is 0 Å². The number of rotatable bonds is 3. The summed E-state index contributed by atoms with van der Waals surface area (Å²) in [4.78, 5) is 15.6. The van der Waals surface area contributed by atoms with Crippen LogP contribution in [0.15, 0.2) is 48.7 Å². The fourth-order valence-electron chi connectivity index (χ4n) is 1.31. The van der Waals surface area contributed by atoms with E-state index in [0.717, 1.165) is 0 Å². The van der Waals surface area contributed by atoms with Crippen molar-refractivity contribution in [3.05, 3.63) is 54.4 Å². The third-order valence-electron chi connectivity index (χ3n) is 2.13. The molecule has 0 aliphatic heterocycles. The second-order valence-corrected chi connectivity index (χ2v) is 3.28. The lowest BCUT2D eigenvalue weighted by molar-refractivity contribution is 0.0728. The third-order valence-corrected chi connectivity index (χ3v) is 2.13. The van der Waals surface area contributed by atoms with E-state index in [2.05, 4.69) is 4.98 Å². The van der Waals surface area contributed by atoms with Crippen molar-refractivity contribution in [3.63, 3.8) is 0 Å². The number of benzene rings is 1. The van der Waals surface area contributed by atoms with Gasteiger partial charge in [0.05, 0.1) is 7.11 Å². The minimum atomic E-state index is -0.487. The molecule has 86 valence electrons. The van der Waals surface area contributed by atoms with E-state index >= 15 is 0 Å². The molecular weight excluding hydrogens is 218 g/mol. The molecule has 1 aromatic heterocycles. The Morgan fingerprint density at radius 2 is 1.94 bits per heavy atom. The van der Waals surface area contributed by atoms with Crippen LogP contribution in [0.4, 0.5) is 0 Å². The van der Waals surface area contributed by atoms with Crippen LogP contribution < -0.4 is 9.47 Å². The number of esters is 1. The van der Waals surface area contributed by atoms with Gasteiger partial charge >= 0.3 is 5.97 Å². The van der Waals surface area contributed by atoms with Crippen molar-refractivity contribution >= 4 is 5.97 Å². The predicted molar refractivity (Wildman–Crippen MR) is 62.2 cm³/mol. The summed E-state index contributed by atoms with van der Waals surface area (Å²) < 4.78 is 10.2. The number of ether oxygens (including phenoxy) is 2. The highest BCUT2D eigenvalue weighted by Crippen LogP contribution is 2.19. The number of nitrogens with zero attached hydrogens (tertiary/aromatic N) is 1. The SMILES string of the molecule is COc1cccc(OC(=O)c2ccccn2)c1. The molecular formula is C13H11NO3. The molecule has 2 aromatic rings. The molecule has 0 saturated carbocycles. The Hall–Kier alpha value is -2.36. The molecule has 0 aliphatic rings. The van der Waals surface area contributed by atoms with Crippen molar-refractivity contribution in [2.24, 2.45) is 0 Å². The summed E-state index contributed by atoms with van der Waals surface area (Å²) >= 11 is 0. The van der Waals surface area contributed by atoms with Crippen LogP contribution in [0.1, 0.15) is 10.5 Å². The Bertz CT molecular complexity index is 511. The maximum Gasteiger partial charge on any atom is 0.362 e. The first kappa shape index (κ1) is 11.1. The second kappa shape index (κ2) is 5.12. The largest absolute Gasteiger partial charge is 0.497 e. The van der Waals surface area contributed by atoms with E-state index in [9.17, 15) is 4.79 Å². The van der Waals surface area contributed by atoms with Gasteiger partial charge in [0.25, 0.3) is 0 Å². The molecule has 0 saturated heterocycles. The Labute approximate surface area is 98.8 Å². The van der Waals surface area contributed by atoms with E-state index in [0.29, 0.717) is 11.5 Å². The Morgan fingerprint density at radius 1 is 1.12 bits per heavy atom. The molecule has 4 nitrogen and oxygen atoms in total. The highest BCUT2D eigenvalue weighted by molar-refractivity contribution is 5.88. The molecule has 1 aromatic carbocycles. The normalized spacial score (nSPS) is 9.71. The predicted octanol–water partition coefficient (Wildman–Crippen LogP) is 2.31. The van der Waals surface area contributed by atoms with Crippen LogP contribution in [0, 0.1) is 0 Å². The van der Waals surface area contributed by atoms with E-state index in [-0.39, 0.29) is 5.69 Å². The van der Waals surface area contributed by atoms with Crippen LogP contribution in [0.2, 0.25) is 0 Å². The van der Waals surface area contributed by atoms with Gasteiger partial charge in [0.2, 0.25) is 0 Å². The lowest BCUT2D eigenvalue weighted by atomic mass is 10.3. The molecule has 0 atom stereocenters. The van der Waals surface area contributed by atoms with Crippen molar-refractivity contribution < 1.29 is 14.3 Å². The standard InChI is InChI=1S/C13H11NO3/c1-16-10-5-4-6-11(9-10)17-13(15)12-7-2-3-8-14-12/h2-9H,1H3. The fraction of sp³-hybridized carbons (Fsp3) is 0.0769. The van der Waals surface area contributed by atoms with E-state index < -0.39 is 5.97 Å². The van der Waals surface area contributed by atoms with Crippen LogP contribution in [0.3, 0.4) is 0 Å². The average Bonchev–Trinajstić information content (AvgIpc) is 2.40. The van der Waals surface area contributed by atoms with Gasteiger partial charge in [0.1, 0.15) is 17.2 Å². The first-order valence-corrected chi connectivity index (χ1v) is 5.07. The molecule has 4 heteroatoms. The number of methoxy groups -OCH3 is 1. The van der Waals surface area contributed by atoms with Gasteiger partial charge in [-0.1, -0.05) is 12.1 Å². The lowest BCUT2D eigenvalue weighted by Crippen LogP contribution is -2.10. The zero-order valence-corrected chi connectivity index (χ0v) is 9.29. The van der Waals surface area contributed by atoms with E-state index in [4.69, 9.17) is 9.47 Å². The smallest absolute Gasteiger partial charge is 0.362 e. The Kier molecular flexibility index (Phi) is 3.35. The van der Waals surface area contributed by atoms with Gasteiger partial charge in [-0.2, -0.15) is 0 Å². The summed E-state index contributed by atoms with van der Waals surface area (Å²) in [5.41, 5.74) is 0.273. The van der Waals surface area contributed by atoms with E-state index in [1.54, 1.807) is 55.8 Å². The van der Waals surface area contributed by atoms with Crippen LogP contribution in [-0.4, -0.2) is 18.1 Å². The van der Waals surface area contributed by atoms with Crippen molar-refractivity contribution in [3.8, 4) is 11.5 Å². The van der Waals surface area contributed by atoms with Crippen LogP contribution in [0.5, 0.6) is 11.5 Å². The molecule has 0 spiro atoms. The number of hydrogen-bond acceptors (Lipinski definition) is 4. The van der Waals surface area contributed by atoms with Gasteiger partial charge in [-0.3, -0.25) is 0 Å². The van der Waals surface area contributed by atoms with Crippen molar-refractivity contribution in [2.45, 2.75) is 0 Å². The summed E-state index contributed by atoms with van der Waals surface area (Å²) in [6.07, 6.45) is 1.54. The molecule has 0 fully saturated rings. The summed E-state index contributed by atoms with van der Waals surface area (Å²) in [6.45, 7) is 0. The Morgan fingerprint density at radius 3 is 2.65 bits per heavy atom. The summed E-state index contributed by atoms with van der Waals surface area (Å²) in [7, 11) is 1.56. The molecule has 0 amide bonds. The number of carbonyl (C=O) groups is 1. The van der Waals surface area contributed by atoms with E-state index in [1.807, 2.05) is 0 Å². The summed E-state index contributed by atoms with van der Waals surface area (Å²) in [5.74, 6) is 0.579. The molecule has 1 heterocycles. The van der Waals surface area contributed by atoms with Crippen molar-refractivity contribution in [1.29, 1.82) is 0 Å². The van der Waals surface area contributed by atoms with Crippen LogP contribution in [-0.2, 0) is 0 Å². The molecule has 0 unspecified atom stereocenters. The zero-order chi connectivity index (χ0) is 12.1. The molecule has 0 radical (unpaired) electrons. The quantitative estimate of drug-likeness (QED) is 0.598. The maximum absolute atomic E-state index is 11.7. The molecule has 2 rings (SSSR count). The van der Waals surface area contributed by atoms with E-state index in [1.165, 1.54) is 0 Å². The third kappa shape index (κ3) is 2.81. The topological polar surface area (TPSA) is 48.4 Å².